The van der Waals surface area contributed by atoms with Crippen LogP contribution < -0.4 is 15.2 Å². The van der Waals surface area contributed by atoms with Crippen LogP contribution >= 0.6 is 0 Å². The van der Waals surface area contributed by atoms with Crippen LogP contribution in [-0.2, 0) is 5.54 Å². The zero-order valence-electron chi connectivity index (χ0n) is 11.3. The Labute approximate surface area is 114 Å². The van der Waals surface area contributed by atoms with E-state index in [1.54, 1.807) is 0 Å². The first-order valence-corrected chi connectivity index (χ1v) is 7.38. The molecule has 3 heteroatoms. The lowest BCUT2D eigenvalue weighted by Gasteiger charge is -2.25. The van der Waals surface area contributed by atoms with Crippen molar-refractivity contribution >= 4 is 0 Å². The molecule has 0 bridgehead atoms. The molecule has 1 spiro atoms. The molecule has 0 aromatic heterocycles. The van der Waals surface area contributed by atoms with Crippen molar-refractivity contribution in [2.75, 3.05) is 13.2 Å². The van der Waals surface area contributed by atoms with Crippen molar-refractivity contribution in [2.24, 2.45) is 11.1 Å². The van der Waals surface area contributed by atoms with E-state index >= 15 is 0 Å². The van der Waals surface area contributed by atoms with Crippen LogP contribution in [0.2, 0.25) is 0 Å². The molecular weight excluding hydrogens is 238 g/mol. The van der Waals surface area contributed by atoms with E-state index in [-0.39, 0.29) is 5.54 Å². The van der Waals surface area contributed by atoms with E-state index in [4.69, 9.17) is 15.2 Å². The van der Waals surface area contributed by atoms with Crippen molar-refractivity contribution in [2.45, 2.75) is 44.1 Å². The number of ether oxygens (including phenoxy) is 2. The van der Waals surface area contributed by atoms with Gasteiger partial charge in [-0.15, -0.1) is 0 Å². The molecule has 3 aliphatic rings. The monoisotopic (exact) mass is 259 g/mol. The molecule has 1 aliphatic heterocycles. The number of hydrogen-bond donors (Lipinski definition) is 1. The Morgan fingerprint density at radius 1 is 0.895 bits per heavy atom. The number of nitrogens with two attached hydrogens (primary N) is 1. The summed E-state index contributed by atoms with van der Waals surface area (Å²) in [6, 6.07) is 6.28. The molecule has 4 rings (SSSR count). The van der Waals surface area contributed by atoms with E-state index in [1.165, 1.54) is 31.2 Å². The van der Waals surface area contributed by atoms with Crippen LogP contribution in [0.25, 0.3) is 0 Å². The fraction of sp³-hybridized carbons (Fsp3) is 0.625. The van der Waals surface area contributed by atoms with Crippen molar-refractivity contribution in [1.29, 1.82) is 0 Å². The van der Waals surface area contributed by atoms with Gasteiger partial charge in [0, 0.05) is 11.0 Å². The summed E-state index contributed by atoms with van der Waals surface area (Å²) < 4.78 is 11.9. The number of hydrogen-bond acceptors (Lipinski definition) is 3. The molecule has 1 aromatic carbocycles. The van der Waals surface area contributed by atoms with Gasteiger partial charge in [0.2, 0.25) is 0 Å². The predicted molar refractivity (Wildman–Crippen MR) is 73.4 cm³/mol. The molecule has 3 nitrogen and oxygen atoms in total. The molecule has 1 aromatic rings. The van der Waals surface area contributed by atoms with E-state index in [2.05, 4.69) is 12.1 Å². The fourth-order valence-corrected chi connectivity index (χ4v) is 3.31. The molecule has 0 atom stereocenters. The Morgan fingerprint density at radius 3 is 2.26 bits per heavy atom. The van der Waals surface area contributed by atoms with Crippen LogP contribution in [0.5, 0.6) is 11.5 Å². The van der Waals surface area contributed by atoms with Gasteiger partial charge in [-0.05, 0) is 43.4 Å². The molecule has 19 heavy (non-hydrogen) atoms. The first-order valence-electron chi connectivity index (χ1n) is 7.38. The Kier molecular flexibility index (Phi) is 2.37. The molecular formula is C16H21NO2. The summed E-state index contributed by atoms with van der Waals surface area (Å²) in [5, 5.41) is 0. The van der Waals surface area contributed by atoms with Crippen molar-refractivity contribution < 1.29 is 9.47 Å². The van der Waals surface area contributed by atoms with Crippen LogP contribution in [0, 0.1) is 5.41 Å². The SMILES string of the molecule is NC1(c2ccc3c(c2)OCC2(CC2)CO3)CCCC1. The Hall–Kier alpha value is -1.22. The second kappa shape index (κ2) is 3.89. The minimum atomic E-state index is -0.151. The summed E-state index contributed by atoms with van der Waals surface area (Å²) in [5.74, 6) is 1.77. The summed E-state index contributed by atoms with van der Waals surface area (Å²) in [7, 11) is 0. The molecule has 2 N–H and O–H groups in total. The van der Waals surface area contributed by atoms with Crippen LogP contribution in [0.4, 0.5) is 0 Å². The summed E-state index contributed by atoms with van der Waals surface area (Å²) in [5.41, 5.74) is 7.88. The van der Waals surface area contributed by atoms with Crippen LogP contribution in [0.3, 0.4) is 0 Å². The molecule has 2 fully saturated rings. The highest BCUT2D eigenvalue weighted by atomic mass is 16.5. The minimum Gasteiger partial charge on any atom is -0.489 e. The molecule has 0 radical (unpaired) electrons. The lowest BCUT2D eigenvalue weighted by molar-refractivity contribution is 0.197. The van der Waals surface area contributed by atoms with E-state index < -0.39 is 0 Å². The minimum absolute atomic E-state index is 0.151. The zero-order valence-corrected chi connectivity index (χ0v) is 11.3. The smallest absolute Gasteiger partial charge is 0.161 e. The summed E-state index contributed by atoms with van der Waals surface area (Å²) in [4.78, 5) is 0. The van der Waals surface area contributed by atoms with Gasteiger partial charge in [0.1, 0.15) is 0 Å². The first-order chi connectivity index (χ1) is 9.19. The van der Waals surface area contributed by atoms with Crippen molar-refractivity contribution in [3.8, 4) is 11.5 Å². The van der Waals surface area contributed by atoms with Gasteiger partial charge in [-0.1, -0.05) is 18.9 Å². The fourth-order valence-electron chi connectivity index (χ4n) is 3.31. The van der Waals surface area contributed by atoms with Crippen LogP contribution in [0.1, 0.15) is 44.1 Å². The maximum Gasteiger partial charge on any atom is 0.161 e. The lowest BCUT2D eigenvalue weighted by atomic mass is 9.89. The number of rotatable bonds is 1. The van der Waals surface area contributed by atoms with Gasteiger partial charge in [-0.3, -0.25) is 0 Å². The molecule has 102 valence electrons. The summed E-state index contributed by atoms with van der Waals surface area (Å²) >= 11 is 0. The van der Waals surface area contributed by atoms with Gasteiger partial charge in [-0.25, -0.2) is 0 Å². The molecule has 0 unspecified atom stereocenters. The quantitative estimate of drug-likeness (QED) is 0.843. The number of fused-ring (bicyclic) bond motifs is 1. The zero-order chi connectivity index (χ0) is 12.9. The highest BCUT2D eigenvalue weighted by molar-refractivity contribution is 5.46. The van der Waals surface area contributed by atoms with Gasteiger partial charge in [0.05, 0.1) is 13.2 Å². The van der Waals surface area contributed by atoms with E-state index in [9.17, 15) is 0 Å². The molecule has 2 aliphatic carbocycles. The van der Waals surface area contributed by atoms with Crippen LogP contribution in [-0.4, -0.2) is 13.2 Å². The maximum absolute atomic E-state index is 6.52. The van der Waals surface area contributed by atoms with Gasteiger partial charge >= 0.3 is 0 Å². The van der Waals surface area contributed by atoms with Gasteiger partial charge in [-0.2, -0.15) is 0 Å². The lowest BCUT2D eigenvalue weighted by Crippen LogP contribution is -2.32. The molecule has 0 saturated heterocycles. The Balaban J connectivity index is 1.65. The third kappa shape index (κ3) is 1.91. The average Bonchev–Trinajstić information content (AvgIpc) is 3.12. The van der Waals surface area contributed by atoms with Gasteiger partial charge < -0.3 is 15.2 Å². The first kappa shape index (κ1) is 11.6. The summed E-state index contributed by atoms with van der Waals surface area (Å²) in [6.07, 6.45) is 7.08. The third-order valence-corrected chi connectivity index (χ3v) is 5.04. The van der Waals surface area contributed by atoms with Gasteiger partial charge in [0.15, 0.2) is 11.5 Å². The second-order valence-corrected chi connectivity index (χ2v) is 6.60. The van der Waals surface area contributed by atoms with E-state index in [1.807, 2.05) is 6.07 Å². The van der Waals surface area contributed by atoms with Crippen LogP contribution in [0.15, 0.2) is 18.2 Å². The van der Waals surface area contributed by atoms with Crippen molar-refractivity contribution in [1.82, 2.24) is 0 Å². The van der Waals surface area contributed by atoms with E-state index in [0.717, 1.165) is 37.6 Å². The van der Waals surface area contributed by atoms with Crippen molar-refractivity contribution in [3.63, 3.8) is 0 Å². The molecule has 2 saturated carbocycles. The molecule has 1 heterocycles. The standard InChI is InChI=1S/C16H21NO2/c17-16(5-1-2-6-16)12-3-4-13-14(9-12)19-11-15(7-8-15)10-18-13/h3-4,9H,1-2,5-8,10-11,17H2. The molecule has 0 amide bonds. The normalized spacial score (nSPS) is 26.2. The average molecular weight is 259 g/mol. The maximum atomic E-state index is 6.52. The topological polar surface area (TPSA) is 44.5 Å². The predicted octanol–water partition coefficient (Wildman–Crippen LogP) is 2.97. The number of benzene rings is 1. The summed E-state index contributed by atoms with van der Waals surface area (Å²) in [6.45, 7) is 1.59. The van der Waals surface area contributed by atoms with Crippen molar-refractivity contribution in [3.05, 3.63) is 23.8 Å². The highest BCUT2D eigenvalue weighted by Crippen LogP contribution is 2.49. The van der Waals surface area contributed by atoms with Gasteiger partial charge in [0.25, 0.3) is 0 Å². The third-order valence-electron chi connectivity index (χ3n) is 5.04. The van der Waals surface area contributed by atoms with E-state index in [0.29, 0.717) is 5.41 Å². The Bertz CT molecular complexity index is 501. The largest absolute Gasteiger partial charge is 0.489 e. The Morgan fingerprint density at radius 2 is 1.58 bits per heavy atom. The second-order valence-electron chi connectivity index (χ2n) is 6.60. The highest BCUT2D eigenvalue weighted by Gasteiger charge is 2.46.